The van der Waals surface area contributed by atoms with Crippen LogP contribution in [0.15, 0.2) is 24.8 Å². The molecule has 30 heavy (non-hydrogen) atoms. The number of allylic oxidation sites excluding steroid dienone is 1. The van der Waals surface area contributed by atoms with Crippen LogP contribution in [0.2, 0.25) is 0 Å². The van der Waals surface area contributed by atoms with E-state index in [4.69, 9.17) is 9.47 Å². The first kappa shape index (κ1) is 25.9. The molecule has 2 unspecified atom stereocenters. The lowest BCUT2D eigenvalue weighted by Gasteiger charge is -2.18. The molecule has 0 radical (unpaired) electrons. The van der Waals surface area contributed by atoms with Crippen LogP contribution in [-0.2, 0) is 16.0 Å². The average Bonchev–Trinajstić information content (AvgIpc) is 2.72. The number of rotatable bonds is 14. The van der Waals surface area contributed by atoms with Gasteiger partial charge in [-0.15, -0.1) is 6.58 Å². The third-order valence-corrected chi connectivity index (χ3v) is 5.33. The highest BCUT2D eigenvalue weighted by atomic mass is 19.1. The van der Waals surface area contributed by atoms with Gasteiger partial charge >= 0.3 is 11.9 Å². The molecule has 1 rings (SSSR count). The molecule has 0 amide bonds. The van der Waals surface area contributed by atoms with Gasteiger partial charge in [0.2, 0.25) is 5.75 Å². The maximum absolute atomic E-state index is 14.8. The lowest BCUT2D eigenvalue weighted by Crippen LogP contribution is -2.23. The van der Waals surface area contributed by atoms with Crippen molar-refractivity contribution in [3.05, 3.63) is 36.2 Å². The molecule has 168 valence electrons. The van der Waals surface area contributed by atoms with Crippen molar-refractivity contribution in [2.45, 2.75) is 85.5 Å². The van der Waals surface area contributed by atoms with E-state index in [0.29, 0.717) is 37.7 Å². The number of carbonyl (C=O) groups is 2. The highest BCUT2D eigenvalue weighted by Gasteiger charge is 2.26. The fourth-order valence-corrected chi connectivity index (χ4v) is 3.33. The fourth-order valence-electron chi connectivity index (χ4n) is 3.33. The molecule has 1 aromatic rings. The van der Waals surface area contributed by atoms with Crippen molar-refractivity contribution in [3.63, 3.8) is 0 Å². The SMILES string of the molecule is C=CCc1cc(F)c(OC(=O)C(CC)CCCC)c(OC(=O)C(CC)CCCC)c1. The Bertz CT molecular complexity index is 699. The van der Waals surface area contributed by atoms with Crippen LogP contribution in [0.4, 0.5) is 4.39 Å². The minimum atomic E-state index is -0.711. The van der Waals surface area contributed by atoms with Crippen molar-refractivity contribution in [1.82, 2.24) is 0 Å². The molecule has 0 saturated carbocycles. The minimum Gasteiger partial charge on any atom is -0.422 e. The molecule has 0 aliphatic rings. The van der Waals surface area contributed by atoms with E-state index >= 15 is 0 Å². The van der Waals surface area contributed by atoms with Gasteiger partial charge in [0.15, 0.2) is 11.6 Å². The zero-order chi connectivity index (χ0) is 22.5. The summed E-state index contributed by atoms with van der Waals surface area (Å²) in [5.74, 6) is -2.54. The second-order valence-electron chi connectivity index (χ2n) is 7.73. The van der Waals surface area contributed by atoms with Crippen molar-refractivity contribution in [3.8, 4) is 11.5 Å². The Hall–Kier alpha value is -2.17. The molecule has 0 saturated heterocycles. The molecular weight excluding hydrogens is 383 g/mol. The third-order valence-electron chi connectivity index (χ3n) is 5.33. The Morgan fingerprint density at radius 1 is 0.967 bits per heavy atom. The predicted molar refractivity (Wildman–Crippen MR) is 118 cm³/mol. The molecule has 1 aromatic carbocycles. The fraction of sp³-hybridized carbons (Fsp3) is 0.600. The molecule has 0 aliphatic carbocycles. The average molecular weight is 421 g/mol. The van der Waals surface area contributed by atoms with Gasteiger partial charge in [-0.25, -0.2) is 4.39 Å². The van der Waals surface area contributed by atoms with Crippen molar-refractivity contribution in [2.75, 3.05) is 0 Å². The van der Waals surface area contributed by atoms with Gasteiger partial charge in [0.1, 0.15) is 0 Å². The van der Waals surface area contributed by atoms with Gasteiger partial charge in [0.25, 0.3) is 0 Å². The number of unbranched alkanes of at least 4 members (excludes halogenated alkanes) is 2. The van der Waals surface area contributed by atoms with Gasteiger partial charge in [-0.1, -0.05) is 59.5 Å². The number of ether oxygens (including phenoxy) is 2. The molecule has 0 N–H and O–H groups in total. The highest BCUT2D eigenvalue weighted by Crippen LogP contribution is 2.34. The minimum absolute atomic E-state index is 0.0366. The van der Waals surface area contributed by atoms with Crippen LogP contribution < -0.4 is 9.47 Å². The van der Waals surface area contributed by atoms with Gasteiger partial charge in [-0.3, -0.25) is 9.59 Å². The summed E-state index contributed by atoms with van der Waals surface area (Å²) in [5.41, 5.74) is 0.602. The van der Waals surface area contributed by atoms with Crippen molar-refractivity contribution >= 4 is 11.9 Å². The van der Waals surface area contributed by atoms with Crippen LogP contribution in [0.25, 0.3) is 0 Å². The summed E-state index contributed by atoms with van der Waals surface area (Å²) in [4.78, 5) is 25.3. The lowest BCUT2D eigenvalue weighted by molar-refractivity contribution is -0.142. The number of halogens is 1. The zero-order valence-electron chi connectivity index (χ0n) is 19.0. The maximum Gasteiger partial charge on any atom is 0.314 e. The zero-order valence-corrected chi connectivity index (χ0v) is 19.0. The van der Waals surface area contributed by atoms with Crippen LogP contribution in [0.1, 0.15) is 84.6 Å². The smallest absolute Gasteiger partial charge is 0.314 e. The van der Waals surface area contributed by atoms with Crippen molar-refractivity contribution in [1.29, 1.82) is 0 Å². The van der Waals surface area contributed by atoms with E-state index in [1.165, 1.54) is 6.07 Å². The molecule has 5 heteroatoms. The van der Waals surface area contributed by atoms with E-state index in [1.807, 2.05) is 13.8 Å². The third kappa shape index (κ3) is 7.92. The largest absolute Gasteiger partial charge is 0.422 e. The van der Waals surface area contributed by atoms with Crippen LogP contribution in [-0.4, -0.2) is 11.9 Å². The van der Waals surface area contributed by atoms with E-state index in [1.54, 1.807) is 12.1 Å². The van der Waals surface area contributed by atoms with Gasteiger partial charge in [-0.05, 0) is 49.8 Å². The summed E-state index contributed by atoms with van der Waals surface area (Å²) < 4.78 is 25.9. The summed E-state index contributed by atoms with van der Waals surface area (Å²) >= 11 is 0. The molecule has 0 aliphatic heterocycles. The Balaban J connectivity index is 3.17. The van der Waals surface area contributed by atoms with Gasteiger partial charge in [0.05, 0.1) is 11.8 Å². The lowest BCUT2D eigenvalue weighted by atomic mass is 9.99. The quantitative estimate of drug-likeness (QED) is 0.189. The first-order valence-electron chi connectivity index (χ1n) is 11.3. The molecule has 4 nitrogen and oxygen atoms in total. The summed E-state index contributed by atoms with van der Waals surface area (Å²) in [7, 11) is 0. The standard InChI is InChI=1S/C25H37FO4/c1-6-11-14-19(9-4)24(27)29-22-17-18(13-8-3)16-21(26)23(22)30-25(28)20(10-5)15-12-7-2/h8,16-17,19-20H,3,6-7,9-15H2,1-2,4-5H3. The molecule has 0 spiro atoms. The predicted octanol–water partition coefficient (Wildman–Crippen LogP) is 6.80. The van der Waals surface area contributed by atoms with E-state index in [2.05, 4.69) is 20.4 Å². The Kier molecular flexibility index (Phi) is 12.0. The Morgan fingerprint density at radius 3 is 1.97 bits per heavy atom. The van der Waals surface area contributed by atoms with Gasteiger partial charge in [0, 0.05) is 0 Å². The van der Waals surface area contributed by atoms with Gasteiger partial charge in [-0.2, -0.15) is 0 Å². The summed E-state index contributed by atoms with van der Waals surface area (Å²) in [6.07, 6.45) is 8.45. The van der Waals surface area contributed by atoms with Crippen molar-refractivity contribution in [2.24, 2.45) is 11.8 Å². The van der Waals surface area contributed by atoms with Crippen LogP contribution in [0, 0.1) is 17.7 Å². The van der Waals surface area contributed by atoms with Crippen LogP contribution >= 0.6 is 0 Å². The van der Waals surface area contributed by atoms with Crippen LogP contribution in [0.5, 0.6) is 11.5 Å². The molecule has 2 atom stereocenters. The van der Waals surface area contributed by atoms with Crippen LogP contribution in [0.3, 0.4) is 0 Å². The molecule has 0 aromatic heterocycles. The first-order valence-corrected chi connectivity index (χ1v) is 11.3. The summed E-state index contributed by atoms with van der Waals surface area (Å²) in [6, 6.07) is 2.85. The monoisotopic (exact) mass is 420 g/mol. The molecule has 0 fully saturated rings. The maximum atomic E-state index is 14.8. The second-order valence-corrected chi connectivity index (χ2v) is 7.73. The molecule has 0 bridgehead atoms. The number of benzene rings is 1. The number of esters is 2. The van der Waals surface area contributed by atoms with E-state index in [9.17, 15) is 14.0 Å². The summed E-state index contributed by atoms with van der Waals surface area (Å²) in [5, 5.41) is 0. The normalized spacial score (nSPS) is 12.8. The second kappa shape index (κ2) is 13.9. The molecule has 0 heterocycles. The van der Waals surface area contributed by atoms with E-state index in [0.717, 1.165) is 25.7 Å². The summed E-state index contributed by atoms with van der Waals surface area (Å²) in [6.45, 7) is 11.6. The van der Waals surface area contributed by atoms with E-state index < -0.39 is 17.8 Å². The van der Waals surface area contributed by atoms with Crippen molar-refractivity contribution < 1.29 is 23.5 Å². The number of hydrogen-bond acceptors (Lipinski definition) is 4. The Labute approximate surface area is 180 Å². The Morgan fingerprint density at radius 2 is 1.50 bits per heavy atom. The topological polar surface area (TPSA) is 52.6 Å². The number of carbonyl (C=O) groups excluding carboxylic acids is 2. The first-order chi connectivity index (χ1) is 14.4. The highest BCUT2D eigenvalue weighted by molar-refractivity contribution is 5.78. The number of hydrogen-bond donors (Lipinski definition) is 0. The van der Waals surface area contributed by atoms with E-state index in [-0.39, 0.29) is 23.3 Å². The van der Waals surface area contributed by atoms with Gasteiger partial charge < -0.3 is 9.47 Å². The molecular formula is C25H37FO4.